The molecule has 145 heavy (non-hydrogen) atoms. The third-order valence-corrected chi connectivity index (χ3v) is 24.9. The van der Waals surface area contributed by atoms with Gasteiger partial charge in [-0.1, -0.05) is 123 Å². The van der Waals surface area contributed by atoms with Gasteiger partial charge in [0, 0.05) is 201 Å². The van der Waals surface area contributed by atoms with Gasteiger partial charge in [-0.2, -0.15) is 0 Å². The number of amidine groups is 4. The van der Waals surface area contributed by atoms with Crippen molar-refractivity contribution in [1.29, 1.82) is 16.2 Å². The fraction of sp³-hybridized carbons (Fsp3) is 0.208. The molecule has 12 aromatic rings. The predicted molar refractivity (Wildman–Crippen MR) is 583 cm³/mol. The number of hydrogen-bond donors (Lipinski definition) is 11. The highest BCUT2D eigenvalue weighted by molar-refractivity contribution is 6.35. The summed E-state index contributed by atoms with van der Waals surface area (Å²) in [6, 6.07) is 58.1. The van der Waals surface area contributed by atoms with Crippen LogP contribution >= 0.6 is 92.8 Å². The van der Waals surface area contributed by atoms with Crippen LogP contribution in [0.4, 0.5) is 81.4 Å². The van der Waals surface area contributed by atoms with E-state index in [1.54, 1.807) is 259 Å². The Morgan fingerprint density at radius 3 is 0.821 bits per heavy atom. The fourth-order valence-corrected chi connectivity index (χ4v) is 16.9. The van der Waals surface area contributed by atoms with E-state index in [0.717, 1.165) is 64.8 Å². The van der Waals surface area contributed by atoms with Crippen molar-refractivity contribution in [2.75, 3.05) is 179 Å². The zero-order chi connectivity index (χ0) is 105. The van der Waals surface area contributed by atoms with E-state index in [2.05, 4.69) is 47.5 Å². The number of carbonyl (C=O) groups is 8. The summed E-state index contributed by atoms with van der Waals surface area (Å²) in [6.45, 7) is 4.42. The average Bonchev–Trinajstić information content (AvgIpc) is 1.30. The summed E-state index contributed by atoms with van der Waals surface area (Å²) in [5.41, 5.74) is 7.39. The van der Waals surface area contributed by atoms with Crippen molar-refractivity contribution in [2.24, 2.45) is 4.99 Å². The van der Waals surface area contributed by atoms with Crippen LogP contribution in [0.3, 0.4) is 0 Å². The molecule has 8 amide bonds. The minimum absolute atomic E-state index is 0.104. The number of nitrogens with zero attached hydrogens (tertiary/aromatic N) is 9. The van der Waals surface area contributed by atoms with Gasteiger partial charge in [0.25, 0.3) is 47.3 Å². The van der Waals surface area contributed by atoms with Crippen molar-refractivity contribution in [2.45, 2.75) is 32.1 Å². The Bertz CT molecular complexity index is 6960. The van der Waals surface area contributed by atoms with Crippen LogP contribution in [-0.2, 0) is 0 Å². The van der Waals surface area contributed by atoms with E-state index in [-0.39, 0.29) is 67.7 Å². The summed E-state index contributed by atoms with van der Waals surface area (Å²) < 4.78 is 45.2. The molecule has 3 aliphatic rings. The van der Waals surface area contributed by atoms with Gasteiger partial charge in [-0.3, -0.25) is 59.6 Å². The fourth-order valence-electron chi connectivity index (χ4n) is 15.5. The molecule has 11 N–H and O–H groups in total. The first kappa shape index (κ1) is 109. The van der Waals surface area contributed by atoms with Gasteiger partial charge in [-0.15, -0.1) is 0 Å². The molecule has 3 aliphatic heterocycles. The Morgan fingerprint density at radius 1 is 0.290 bits per heavy atom. The van der Waals surface area contributed by atoms with Gasteiger partial charge < -0.3 is 81.7 Å². The number of benzene rings is 12. The largest absolute Gasteiger partial charge is 0.376 e. The lowest BCUT2D eigenvalue weighted by molar-refractivity contribution is 0.100. The van der Waals surface area contributed by atoms with Gasteiger partial charge in [-0.05, 0) is 226 Å². The number of anilines is 12. The minimum Gasteiger partial charge on any atom is -0.376 e. The molecular formula is C106H103Cl8F3N20O8. The van der Waals surface area contributed by atoms with E-state index in [4.69, 9.17) is 109 Å². The lowest BCUT2D eigenvalue weighted by Crippen LogP contribution is -2.35. The maximum Gasteiger partial charge on any atom is 0.258 e. The monoisotopic (exact) mass is 2120 g/mol. The highest BCUT2D eigenvalue weighted by Crippen LogP contribution is 2.40. The molecule has 28 nitrogen and oxygen atoms in total. The third kappa shape index (κ3) is 28.6. The molecular weight excluding hydrogens is 2020 g/mol. The van der Waals surface area contributed by atoms with Crippen LogP contribution in [0.25, 0.3) is 0 Å². The summed E-state index contributed by atoms with van der Waals surface area (Å²) in [5, 5.41) is 50.3. The molecule has 0 aliphatic carbocycles. The molecule has 0 aromatic heterocycles. The van der Waals surface area contributed by atoms with Gasteiger partial charge >= 0.3 is 0 Å². The number of likely N-dealkylation sites (N-methyl/N-ethyl adjacent to an activating group) is 1. The van der Waals surface area contributed by atoms with E-state index in [0.29, 0.717) is 137 Å². The number of piperidine rings is 1. The molecule has 15 rings (SSSR count). The number of carbonyl (C=O) groups excluding carboxylic acids is 8. The van der Waals surface area contributed by atoms with Crippen LogP contribution in [0.15, 0.2) is 229 Å². The molecule has 3 heterocycles. The molecule has 2 fully saturated rings. The first-order valence-electron chi connectivity index (χ1n) is 45.2. The summed E-state index contributed by atoms with van der Waals surface area (Å²) in [7, 11) is 19.5. The van der Waals surface area contributed by atoms with Crippen LogP contribution in [-0.4, -0.2) is 207 Å². The van der Waals surface area contributed by atoms with Crippen LogP contribution in [0.1, 0.15) is 137 Å². The Kier molecular flexibility index (Phi) is 37.5. The molecule has 0 unspecified atom stereocenters. The summed E-state index contributed by atoms with van der Waals surface area (Å²) in [5.74, 6) is -5.25. The molecule has 0 saturated carbocycles. The number of likely N-dealkylation sites (tertiary alicyclic amines) is 2. The topological polar surface area (TPSA) is 343 Å². The van der Waals surface area contributed by atoms with Crippen molar-refractivity contribution in [3.05, 3.63) is 349 Å². The zero-order valence-corrected chi connectivity index (χ0v) is 86.6. The smallest absolute Gasteiger partial charge is 0.258 e. The van der Waals surface area contributed by atoms with Crippen LogP contribution in [0, 0.1) is 33.7 Å². The van der Waals surface area contributed by atoms with Gasteiger partial charge in [0.1, 0.15) is 40.8 Å². The van der Waals surface area contributed by atoms with Gasteiger partial charge in [0.15, 0.2) is 0 Å². The van der Waals surface area contributed by atoms with Gasteiger partial charge in [-0.25, -0.2) is 13.2 Å². The highest BCUT2D eigenvalue weighted by atomic mass is 35.5. The maximum absolute atomic E-state index is 15.1. The highest BCUT2D eigenvalue weighted by Gasteiger charge is 2.31. The molecule has 12 aromatic carbocycles. The SMILES string of the molecule is CN(C)C(=N)c1ccc(C(=O)Nc2c(C(=O)Nc3ccc(Cl)cc3)cc(Cl)cc2N(C)C)cc1.CN(C)c1cc(Cl)cc(C(=O)Nc2ccc(Cl)cc2)c1NC(=O)c1ccc(C(=N)N2CCCC2)cc1F.CN(C)c1cc(Cl)cc(C(=O)Nc2ccc(Cl)cc2)c1NC(=O)c1ccc(C(=N)N2CCCCC2)cc1F.CN1CCN=C1c1ccc(C(=O)Nc2c(C(=O)Nc3ccc(Cl)cc3)cc(Cl)cc2N(C)C)c(F)c1. The van der Waals surface area contributed by atoms with Gasteiger partial charge in [0.2, 0.25) is 0 Å². The second-order valence-corrected chi connectivity index (χ2v) is 38.1. The van der Waals surface area contributed by atoms with Crippen molar-refractivity contribution in [3.8, 4) is 0 Å². The number of amides is 8. The molecule has 2 saturated heterocycles. The first-order chi connectivity index (χ1) is 69.0. The third-order valence-electron chi connectivity index (χ3n) is 23.1. The molecule has 0 radical (unpaired) electrons. The number of halogens is 11. The first-order valence-corrected chi connectivity index (χ1v) is 48.3. The number of nitrogens with one attached hydrogen (secondary N) is 11. The normalized spacial score (nSPS) is 12.3. The lowest BCUT2D eigenvalue weighted by Gasteiger charge is -2.29. The Morgan fingerprint density at radius 2 is 0.552 bits per heavy atom. The quantitative estimate of drug-likeness (QED) is 0.0198. The van der Waals surface area contributed by atoms with Crippen molar-refractivity contribution in [1.82, 2.24) is 19.6 Å². The van der Waals surface area contributed by atoms with Crippen LogP contribution < -0.4 is 62.1 Å². The molecule has 39 heteroatoms. The van der Waals surface area contributed by atoms with Gasteiger partial charge in [0.05, 0.1) is 91.0 Å². The zero-order valence-electron chi connectivity index (χ0n) is 80.6. The second-order valence-electron chi connectivity index (χ2n) is 34.6. The molecule has 0 spiro atoms. The van der Waals surface area contributed by atoms with E-state index in [1.165, 1.54) is 60.7 Å². The van der Waals surface area contributed by atoms with Crippen molar-refractivity contribution in [3.63, 3.8) is 0 Å². The maximum atomic E-state index is 15.1. The van der Waals surface area contributed by atoms with E-state index < -0.39 is 64.7 Å². The van der Waals surface area contributed by atoms with E-state index in [1.807, 2.05) is 21.7 Å². The Hall–Kier alpha value is -14.4. The summed E-state index contributed by atoms with van der Waals surface area (Å²) in [4.78, 5) is 124. The average molecular weight is 2130 g/mol. The van der Waals surface area contributed by atoms with Crippen LogP contribution in [0.2, 0.25) is 40.2 Å². The number of rotatable bonds is 24. The van der Waals surface area contributed by atoms with E-state index in [9.17, 15) is 38.4 Å². The molecule has 0 atom stereocenters. The van der Waals surface area contributed by atoms with Crippen molar-refractivity contribution < 1.29 is 51.5 Å². The van der Waals surface area contributed by atoms with Crippen LogP contribution in [0.5, 0.6) is 0 Å². The van der Waals surface area contributed by atoms with E-state index >= 15 is 13.2 Å². The summed E-state index contributed by atoms with van der Waals surface area (Å²) >= 11 is 48.9. The second kappa shape index (κ2) is 49.7. The van der Waals surface area contributed by atoms with Crippen molar-refractivity contribution >= 4 is 232 Å². The standard InChI is InChI=1S/C28H28Cl2FN5O2.C27H26Cl2FN5O2.C26H24Cl2FN5O2.C25H25Cl2N5O2/c1-35(2)24-16-19(30)15-22(28(38)33-20-9-7-18(29)8-10-20)25(24)34-27(37)21-11-6-17(14-23(21)31)26(32)36-12-4-3-5-13-36;1-34(2)23-15-18(29)14-21(27(37)32-19-8-6-17(28)7-9-19)24(23)33-26(36)20-10-5-16(13-22(20)30)25(31)35-11-3-4-12-35;1-33(2)22-14-17(28)13-20(26(36)31-18-7-5-16(27)6-8-18)23(22)32-25(35)19-9-4-15(12-21(19)29)24-30-10-11-34(24)3;1-31(2)21-14-18(27)13-20(25(34)29-19-11-9-17(26)10-12-19)22(21)30-24(33)16-7-5-15(6-8-16)23(28)32(3)4/h6-11,14-16,32H,3-5,12-13H2,1-2H3,(H,33,38)(H,34,37);5-10,13-15,31H,3-4,11-12H2,1-2H3,(H,32,37)(H,33,36);4-9,12-14H,10-11H2,1-3H3,(H,31,36)(H,32,35);5-14,28H,1-4H3,(H,29,34)(H,30,33). The molecule has 752 valence electrons. The predicted octanol–water partition coefficient (Wildman–Crippen LogP) is 23.5. The lowest BCUT2D eigenvalue weighted by atomic mass is 10.1. The summed E-state index contributed by atoms with van der Waals surface area (Å²) in [6.07, 6.45) is 5.10. The molecule has 0 bridgehead atoms. The minimum atomic E-state index is -0.758. The Labute approximate surface area is 877 Å². The Balaban J connectivity index is 0.000000172. The number of aliphatic imine (C=N–C) groups is 1. The number of hydrogen-bond acceptors (Lipinski definition) is 17.